The second kappa shape index (κ2) is 5.04. The van der Waals surface area contributed by atoms with Crippen molar-refractivity contribution in [2.45, 2.75) is 31.1 Å². The van der Waals surface area contributed by atoms with Crippen molar-refractivity contribution in [3.63, 3.8) is 0 Å². The Labute approximate surface area is 110 Å². The minimum Gasteiger partial charge on any atom is -0.490 e. The normalized spacial score (nSPS) is 16.6. The van der Waals surface area contributed by atoms with Gasteiger partial charge < -0.3 is 4.74 Å². The predicted octanol–water partition coefficient (Wildman–Crippen LogP) is 3.34. The Kier molecular flexibility index (Phi) is 3.85. The summed E-state index contributed by atoms with van der Waals surface area (Å²) in [4.78, 5) is 0. The minimum absolute atomic E-state index is 0.188. The molecule has 0 atom stereocenters. The molecule has 0 saturated heterocycles. The summed E-state index contributed by atoms with van der Waals surface area (Å²) in [6.45, 7) is 0. The highest BCUT2D eigenvalue weighted by Gasteiger charge is 2.21. The van der Waals surface area contributed by atoms with Crippen LogP contribution in [0.4, 0.5) is 0 Å². The van der Waals surface area contributed by atoms with Gasteiger partial charge in [-0.05, 0) is 37.5 Å². The van der Waals surface area contributed by atoms with Crippen LogP contribution in [0.3, 0.4) is 0 Å². The van der Waals surface area contributed by atoms with Crippen LogP contribution in [-0.2, 0) is 14.8 Å². The molecule has 6 heteroatoms. The molecule has 1 saturated carbocycles. The number of halogens is 2. The van der Waals surface area contributed by atoms with E-state index in [2.05, 4.69) is 0 Å². The Morgan fingerprint density at radius 2 is 2.06 bits per heavy atom. The number of ether oxygens (including phenoxy) is 1. The monoisotopic (exact) mass is 294 g/mol. The van der Waals surface area contributed by atoms with Crippen molar-refractivity contribution in [1.29, 1.82) is 0 Å². The fraction of sp³-hybridized carbons (Fsp3) is 0.455. The van der Waals surface area contributed by atoms with Crippen molar-refractivity contribution in [1.82, 2.24) is 0 Å². The van der Waals surface area contributed by atoms with E-state index < -0.39 is 9.05 Å². The van der Waals surface area contributed by atoms with E-state index in [1.807, 2.05) is 0 Å². The molecule has 2 rings (SSSR count). The molecule has 0 aromatic heterocycles. The Hall–Kier alpha value is -0.450. The molecule has 1 aliphatic carbocycles. The SMILES string of the molecule is O=S(=O)(Cl)Cc1cc(Cl)ccc1OC1CCC1. The summed E-state index contributed by atoms with van der Waals surface area (Å²) in [6, 6.07) is 4.95. The van der Waals surface area contributed by atoms with E-state index in [0.29, 0.717) is 16.3 Å². The first-order valence-electron chi connectivity index (χ1n) is 5.31. The molecule has 17 heavy (non-hydrogen) atoms. The van der Waals surface area contributed by atoms with Gasteiger partial charge in [0.15, 0.2) is 0 Å². The summed E-state index contributed by atoms with van der Waals surface area (Å²) in [6.07, 6.45) is 3.36. The van der Waals surface area contributed by atoms with Crippen molar-refractivity contribution < 1.29 is 13.2 Å². The molecule has 94 valence electrons. The quantitative estimate of drug-likeness (QED) is 0.800. The second-order valence-corrected chi connectivity index (χ2v) is 7.32. The lowest BCUT2D eigenvalue weighted by Crippen LogP contribution is -2.25. The number of benzene rings is 1. The molecule has 0 unspecified atom stereocenters. The fourth-order valence-corrected chi connectivity index (χ4v) is 2.77. The van der Waals surface area contributed by atoms with Crippen LogP contribution in [0, 0.1) is 0 Å². The average molecular weight is 295 g/mol. The van der Waals surface area contributed by atoms with Gasteiger partial charge >= 0.3 is 0 Å². The Morgan fingerprint density at radius 3 is 2.59 bits per heavy atom. The van der Waals surface area contributed by atoms with Crippen LogP contribution in [0.1, 0.15) is 24.8 Å². The topological polar surface area (TPSA) is 43.4 Å². The highest BCUT2D eigenvalue weighted by molar-refractivity contribution is 8.13. The maximum atomic E-state index is 11.1. The summed E-state index contributed by atoms with van der Waals surface area (Å²) in [7, 11) is 1.64. The summed E-state index contributed by atoms with van der Waals surface area (Å²) >= 11 is 5.84. The van der Waals surface area contributed by atoms with Gasteiger partial charge in [0, 0.05) is 21.3 Å². The molecule has 0 aliphatic heterocycles. The van der Waals surface area contributed by atoms with Crippen LogP contribution >= 0.6 is 22.3 Å². The molecule has 1 aromatic carbocycles. The molecule has 1 aliphatic rings. The van der Waals surface area contributed by atoms with E-state index in [-0.39, 0.29) is 11.9 Å². The van der Waals surface area contributed by atoms with Crippen LogP contribution in [0.2, 0.25) is 5.02 Å². The molecular formula is C11H12Cl2O3S. The van der Waals surface area contributed by atoms with Crippen molar-refractivity contribution in [2.75, 3.05) is 0 Å². The molecule has 0 amide bonds. The van der Waals surface area contributed by atoms with E-state index in [1.54, 1.807) is 18.2 Å². The summed E-state index contributed by atoms with van der Waals surface area (Å²) in [5, 5.41) is 0.473. The summed E-state index contributed by atoms with van der Waals surface area (Å²) < 4.78 is 27.9. The molecule has 0 heterocycles. The number of hydrogen-bond donors (Lipinski definition) is 0. The maximum Gasteiger partial charge on any atom is 0.236 e. The predicted molar refractivity (Wildman–Crippen MR) is 68.2 cm³/mol. The zero-order valence-electron chi connectivity index (χ0n) is 9.03. The van der Waals surface area contributed by atoms with Gasteiger partial charge in [-0.25, -0.2) is 8.42 Å². The molecular weight excluding hydrogens is 283 g/mol. The van der Waals surface area contributed by atoms with Gasteiger partial charge in [-0.1, -0.05) is 11.6 Å². The molecule has 3 nitrogen and oxygen atoms in total. The van der Waals surface area contributed by atoms with Gasteiger partial charge in [-0.2, -0.15) is 0 Å². The van der Waals surface area contributed by atoms with Gasteiger partial charge in [0.25, 0.3) is 0 Å². The van der Waals surface area contributed by atoms with Crippen molar-refractivity contribution >= 4 is 31.3 Å². The lowest BCUT2D eigenvalue weighted by Gasteiger charge is -2.27. The third kappa shape index (κ3) is 3.76. The van der Waals surface area contributed by atoms with E-state index in [9.17, 15) is 8.42 Å². The van der Waals surface area contributed by atoms with Crippen LogP contribution < -0.4 is 4.74 Å². The first kappa shape index (κ1) is 13.0. The first-order valence-corrected chi connectivity index (χ1v) is 8.17. The van der Waals surface area contributed by atoms with E-state index >= 15 is 0 Å². The second-order valence-electron chi connectivity index (χ2n) is 4.11. The van der Waals surface area contributed by atoms with E-state index in [1.165, 1.54) is 0 Å². The van der Waals surface area contributed by atoms with Gasteiger partial charge in [-0.3, -0.25) is 0 Å². The molecule has 0 radical (unpaired) electrons. The zero-order valence-corrected chi connectivity index (χ0v) is 11.4. The standard InChI is InChI=1S/C11H12Cl2O3S/c12-9-4-5-11(16-10-2-1-3-10)8(6-9)7-17(13,14)15/h4-6,10H,1-3,7H2. The molecule has 0 N–H and O–H groups in total. The zero-order chi connectivity index (χ0) is 12.5. The highest BCUT2D eigenvalue weighted by Crippen LogP contribution is 2.30. The Bertz CT molecular complexity index is 509. The summed E-state index contributed by atoms with van der Waals surface area (Å²) in [5.41, 5.74) is 0.513. The van der Waals surface area contributed by atoms with Crippen molar-refractivity contribution in [2.24, 2.45) is 0 Å². The minimum atomic E-state index is -3.61. The number of hydrogen-bond acceptors (Lipinski definition) is 3. The number of rotatable bonds is 4. The van der Waals surface area contributed by atoms with E-state index in [0.717, 1.165) is 19.3 Å². The lowest BCUT2D eigenvalue weighted by molar-refractivity contribution is 0.119. The van der Waals surface area contributed by atoms with Crippen LogP contribution in [0.5, 0.6) is 5.75 Å². The summed E-state index contributed by atoms with van der Waals surface area (Å²) in [5.74, 6) is 0.292. The molecule has 0 spiro atoms. The fourth-order valence-electron chi connectivity index (χ4n) is 1.63. The van der Waals surface area contributed by atoms with Gasteiger partial charge in [0.2, 0.25) is 9.05 Å². The van der Waals surface area contributed by atoms with Crippen LogP contribution in [-0.4, -0.2) is 14.5 Å². The van der Waals surface area contributed by atoms with Gasteiger partial charge in [0.1, 0.15) is 5.75 Å². The van der Waals surface area contributed by atoms with Crippen LogP contribution in [0.15, 0.2) is 18.2 Å². The molecule has 0 bridgehead atoms. The van der Waals surface area contributed by atoms with Gasteiger partial charge in [0.05, 0.1) is 11.9 Å². The van der Waals surface area contributed by atoms with Crippen LogP contribution in [0.25, 0.3) is 0 Å². The van der Waals surface area contributed by atoms with Gasteiger partial charge in [-0.15, -0.1) is 0 Å². The highest BCUT2D eigenvalue weighted by atomic mass is 35.7. The largest absolute Gasteiger partial charge is 0.490 e. The van der Waals surface area contributed by atoms with Crippen molar-refractivity contribution in [3.8, 4) is 5.75 Å². The Balaban J connectivity index is 2.23. The lowest BCUT2D eigenvalue weighted by atomic mass is 9.96. The third-order valence-corrected chi connectivity index (χ3v) is 3.91. The smallest absolute Gasteiger partial charge is 0.236 e. The van der Waals surface area contributed by atoms with E-state index in [4.69, 9.17) is 27.0 Å². The third-order valence-electron chi connectivity index (χ3n) is 2.70. The molecule has 1 fully saturated rings. The van der Waals surface area contributed by atoms with Crippen molar-refractivity contribution in [3.05, 3.63) is 28.8 Å². The molecule has 1 aromatic rings. The maximum absolute atomic E-state index is 11.1. The Morgan fingerprint density at radius 1 is 1.35 bits per heavy atom. The first-order chi connectivity index (χ1) is 7.94. The average Bonchev–Trinajstić information content (AvgIpc) is 2.11.